The van der Waals surface area contributed by atoms with Crippen molar-refractivity contribution in [2.24, 2.45) is 0 Å². The highest BCUT2D eigenvalue weighted by atomic mass is 32.2. The second-order valence-corrected chi connectivity index (χ2v) is 7.40. The van der Waals surface area contributed by atoms with Gasteiger partial charge < -0.3 is 0 Å². The molecule has 0 aliphatic rings. The van der Waals surface area contributed by atoms with Crippen molar-refractivity contribution in [1.29, 1.82) is 0 Å². The second-order valence-electron chi connectivity index (χ2n) is 3.79. The van der Waals surface area contributed by atoms with Gasteiger partial charge in [-0.15, -0.1) is 0 Å². The molecule has 0 amide bonds. The molecule has 0 aliphatic heterocycles. The Morgan fingerprint density at radius 1 is 1.12 bits per heavy atom. The van der Waals surface area contributed by atoms with Crippen molar-refractivity contribution in [2.75, 3.05) is 12.5 Å². The molecule has 1 unspecified atom stereocenters. The lowest BCUT2D eigenvalue weighted by molar-refractivity contribution is 0.236. The van der Waals surface area contributed by atoms with Gasteiger partial charge in [-0.3, -0.25) is 4.18 Å². The molecule has 1 aromatic rings. The molecule has 7 heteroatoms. The molecule has 0 saturated carbocycles. The van der Waals surface area contributed by atoms with Gasteiger partial charge in [-0.1, -0.05) is 12.1 Å². The molecule has 0 spiro atoms. The molecule has 0 radical (unpaired) electrons. The van der Waals surface area contributed by atoms with Crippen LogP contribution in [0.2, 0.25) is 0 Å². The summed E-state index contributed by atoms with van der Waals surface area (Å²) in [6.45, 7) is 1.54. The Kier molecular flexibility index (Phi) is 3.95. The zero-order valence-corrected chi connectivity index (χ0v) is 11.4. The molecule has 0 saturated heterocycles. The first kappa shape index (κ1) is 14.1. The van der Waals surface area contributed by atoms with E-state index in [1.807, 2.05) is 0 Å². The number of hydrogen-bond acceptors (Lipinski definition) is 5. The van der Waals surface area contributed by atoms with Crippen LogP contribution in [0.3, 0.4) is 0 Å². The second kappa shape index (κ2) is 4.75. The predicted molar refractivity (Wildman–Crippen MR) is 63.9 cm³/mol. The Hall–Kier alpha value is -0.920. The smallest absolute Gasteiger partial charge is 0.262 e. The Morgan fingerprint density at radius 2 is 1.71 bits per heavy atom. The Morgan fingerprint density at radius 3 is 2.18 bits per heavy atom. The maximum atomic E-state index is 11.3. The van der Waals surface area contributed by atoms with Gasteiger partial charge in [0, 0.05) is 6.26 Å². The SMILES string of the molecule is CC(OS(C)(=O)=O)c1cccc(S(C)(=O)=O)c1. The van der Waals surface area contributed by atoms with Gasteiger partial charge >= 0.3 is 0 Å². The van der Waals surface area contributed by atoms with E-state index in [2.05, 4.69) is 0 Å². The fraction of sp³-hybridized carbons (Fsp3) is 0.400. The fourth-order valence-corrected chi connectivity index (χ4v) is 2.63. The largest absolute Gasteiger partial charge is 0.264 e. The van der Waals surface area contributed by atoms with Crippen molar-refractivity contribution in [3.05, 3.63) is 29.8 Å². The topological polar surface area (TPSA) is 77.5 Å². The monoisotopic (exact) mass is 278 g/mol. The van der Waals surface area contributed by atoms with Crippen LogP contribution in [0.5, 0.6) is 0 Å². The maximum absolute atomic E-state index is 11.3. The lowest BCUT2D eigenvalue weighted by atomic mass is 10.1. The van der Waals surface area contributed by atoms with E-state index < -0.39 is 26.1 Å². The molecule has 0 aliphatic carbocycles. The van der Waals surface area contributed by atoms with Gasteiger partial charge in [0.25, 0.3) is 10.1 Å². The first-order chi connectivity index (χ1) is 7.59. The van der Waals surface area contributed by atoms with Crippen molar-refractivity contribution >= 4 is 20.0 Å². The van der Waals surface area contributed by atoms with Crippen LogP contribution in [0.4, 0.5) is 0 Å². The molecular weight excluding hydrogens is 264 g/mol. The van der Waals surface area contributed by atoms with E-state index in [0.717, 1.165) is 12.5 Å². The van der Waals surface area contributed by atoms with E-state index in [-0.39, 0.29) is 4.90 Å². The lowest BCUT2D eigenvalue weighted by Crippen LogP contribution is -2.08. The van der Waals surface area contributed by atoms with E-state index in [1.165, 1.54) is 12.1 Å². The van der Waals surface area contributed by atoms with Gasteiger partial charge in [-0.2, -0.15) is 8.42 Å². The summed E-state index contributed by atoms with van der Waals surface area (Å²) in [6.07, 6.45) is 1.32. The van der Waals surface area contributed by atoms with Crippen molar-refractivity contribution in [3.63, 3.8) is 0 Å². The third-order valence-corrected chi connectivity index (χ3v) is 3.82. The summed E-state index contributed by atoms with van der Waals surface area (Å²) >= 11 is 0. The zero-order valence-electron chi connectivity index (χ0n) is 9.74. The van der Waals surface area contributed by atoms with Crippen LogP contribution < -0.4 is 0 Å². The number of hydrogen-bond donors (Lipinski definition) is 0. The average Bonchev–Trinajstić information content (AvgIpc) is 2.14. The third kappa shape index (κ3) is 4.45. The third-order valence-electron chi connectivity index (χ3n) is 2.07. The molecular formula is C10H14O5S2. The molecule has 17 heavy (non-hydrogen) atoms. The first-order valence-electron chi connectivity index (χ1n) is 4.78. The van der Waals surface area contributed by atoms with E-state index >= 15 is 0 Å². The van der Waals surface area contributed by atoms with E-state index in [1.54, 1.807) is 19.1 Å². The van der Waals surface area contributed by atoms with Crippen molar-refractivity contribution in [3.8, 4) is 0 Å². The van der Waals surface area contributed by atoms with Crippen molar-refractivity contribution in [1.82, 2.24) is 0 Å². The summed E-state index contributed by atoms with van der Waals surface area (Å²) in [5, 5.41) is 0. The van der Waals surface area contributed by atoms with E-state index in [4.69, 9.17) is 4.18 Å². The van der Waals surface area contributed by atoms with Crippen LogP contribution in [0, 0.1) is 0 Å². The summed E-state index contributed by atoms with van der Waals surface area (Å²) in [4.78, 5) is 0.138. The zero-order chi connectivity index (χ0) is 13.3. The molecule has 96 valence electrons. The van der Waals surface area contributed by atoms with Gasteiger partial charge in [-0.25, -0.2) is 8.42 Å². The van der Waals surface area contributed by atoms with Gasteiger partial charge in [-0.05, 0) is 24.6 Å². The number of sulfone groups is 1. The summed E-state index contributed by atoms with van der Waals surface area (Å²) < 4.78 is 49.3. The molecule has 0 aromatic heterocycles. The highest BCUT2D eigenvalue weighted by molar-refractivity contribution is 7.90. The average molecular weight is 278 g/mol. The van der Waals surface area contributed by atoms with Crippen LogP contribution >= 0.6 is 0 Å². The Labute approximate surface area is 101 Å². The molecule has 1 rings (SSSR count). The van der Waals surface area contributed by atoms with Crippen LogP contribution in [-0.4, -0.2) is 29.3 Å². The van der Waals surface area contributed by atoms with Crippen LogP contribution in [0.25, 0.3) is 0 Å². The molecule has 0 heterocycles. The number of benzene rings is 1. The standard InChI is InChI=1S/C10H14O5S2/c1-8(15-17(3,13)14)9-5-4-6-10(7-9)16(2,11)12/h4-8H,1-3H3. The molecule has 1 aromatic carbocycles. The summed E-state index contributed by atoms with van der Waals surface area (Å²) in [5.41, 5.74) is 0.498. The normalized spacial score (nSPS) is 14.5. The van der Waals surface area contributed by atoms with Gasteiger partial charge in [0.05, 0.1) is 17.3 Å². The van der Waals surface area contributed by atoms with Gasteiger partial charge in [0.2, 0.25) is 0 Å². The minimum atomic E-state index is -3.57. The molecule has 0 N–H and O–H groups in total. The number of rotatable bonds is 4. The minimum Gasteiger partial charge on any atom is -0.262 e. The summed E-state index contributed by atoms with van der Waals surface area (Å²) in [7, 11) is -6.88. The lowest BCUT2D eigenvalue weighted by Gasteiger charge is -2.12. The summed E-state index contributed by atoms with van der Waals surface area (Å²) in [6, 6.07) is 6.02. The van der Waals surface area contributed by atoms with Crippen LogP contribution in [0.1, 0.15) is 18.6 Å². The highest BCUT2D eigenvalue weighted by Gasteiger charge is 2.15. The van der Waals surface area contributed by atoms with E-state index in [9.17, 15) is 16.8 Å². The minimum absolute atomic E-state index is 0.138. The Balaban J connectivity index is 3.09. The molecule has 5 nitrogen and oxygen atoms in total. The highest BCUT2D eigenvalue weighted by Crippen LogP contribution is 2.21. The molecule has 1 atom stereocenters. The van der Waals surface area contributed by atoms with Crippen molar-refractivity contribution in [2.45, 2.75) is 17.9 Å². The maximum Gasteiger partial charge on any atom is 0.264 e. The van der Waals surface area contributed by atoms with Crippen LogP contribution in [-0.2, 0) is 24.1 Å². The first-order valence-corrected chi connectivity index (χ1v) is 8.48. The predicted octanol–water partition coefficient (Wildman–Crippen LogP) is 1.13. The van der Waals surface area contributed by atoms with Gasteiger partial charge in [0.15, 0.2) is 9.84 Å². The van der Waals surface area contributed by atoms with Crippen LogP contribution in [0.15, 0.2) is 29.2 Å². The Bertz CT molecular complexity index is 601. The molecule has 0 fully saturated rings. The summed E-state index contributed by atoms with van der Waals surface area (Å²) in [5.74, 6) is 0. The van der Waals surface area contributed by atoms with E-state index in [0.29, 0.717) is 5.56 Å². The van der Waals surface area contributed by atoms with Crippen molar-refractivity contribution < 1.29 is 21.0 Å². The molecule has 0 bridgehead atoms. The van der Waals surface area contributed by atoms with Gasteiger partial charge in [0.1, 0.15) is 0 Å². The fourth-order valence-electron chi connectivity index (χ4n) is 1.32. The quantitative estimate of drug-likeness (QED) is 0.771.